The number of rotatable bonds is 7. The Bertz CT molecular complexity index is 805. The Morgan fingerprint density at radius 2 is 1.89 bits per heavy atom. The topological polar surface area (TPSA) is 54.7 Å². The van der Waals surface area contributed by atoms with E-state index in [-0.39, 0.29) is 11.7 Å². The van der Waals surface area contributed by atoms with E-state index in [1.807, 2.05) is 38.2 Å². The van der Waals surface area contributed by atoms with E-state index in [9.17, 15) is 9.90 Å². The summed E-state index contributed by atoms with van der Waals surface area (Å²) in [7, 11) is 2.14. The molecular formula is C23H32N2O3. The van der Waals surface area contributed by atoms with Gasteiger partial charge in [-0.15, -0.1) is 0 Å². The second-order valence-electron chi connectivity index (χ2n) is 8.05. The number of aliphatic hydroxyl groups is 1. The number of benzene rings is 1. The van der Waals surface area contributed by atoms with E-state index in [2.05, 4.69) is 24.1 Å². The predicted octanol–water partition coefficient (Wildman–Crippen LogP) is 3.29. The zero-order valence-electron chi connectivity index (χ0n) is 17.2. The van der Waals surface area contributed by atoms with E-state index in [4.69, 9.17) is 4.74 Å². The molecule has 1 saturated heterocycles. The molecular weight excluding hydrogens is 352 g/mol. The van der Waals surface area contributed by atoms with Crippen LogP contribution in [0.3, 0.4) is 0 Å². The van der Waals surface area contributed by atoms with Crippen molar-refractivity contribution in [3.05, 3.63) is 64.1 Å². The predicted molar refractivity (Wildman–Crippen MR) is 112 cm³/mol. The highest BCUT2D eigenvalue weighted by molar-refractivity contribution is 5.35. The molecule has 0 saturated carbocycles. The van der Waals surface area contributed by atoms with Crippen LogP contribution in [0.4, 0.5) is 0 Å². The number of pyridine rings is 1. The van der Waals surface area contributed by atoms with E-state index >= 15 is 0 Å². The highest BCUT2D eigenvalue weighted by Crippen LogP contribution is 2.22. The fraction of sp³-hybridized carbons (Fsp3) is 0.522. The summed E-state index contributed by atoms with van der Waals surface area (Å²) in [5.41, 5.74) is 3.26. The van der Waals surface area contributed by atoms with Crippen molar-refractivity contribution in [2.75, 3.05) is 13.6 Å². The molecule has 3 atom stereocenters. The van der Waals surface area contributed by atoms with Gasteiger partial charge in [0.2, 0.25) is 0 Å². The van der Waals surface area contributed by atoms with Gasteiger partial charge in [-0.25, -0.2) is 0 Å². The fourth-order valence-electron chi connectivity index (χ4n) is 3.94. The smallest absolute Gasteiger partial charge is 0.255 e. The molecule has 2 aromatic rings. The Hall–Kier alpha value is -1.95. The molecule has 5 heteroatoms. The lowest BCUT2D eigenvalue weighted by Crippen LogP contribution is -2.43. The first-order valence-electron chi connectivity index (χ1n) is 10.2. The number of aromatic nitrogens is 1. The molecule has 1 fully saturated rings. The second-order valence-corrected chi connectivity index (χ2v) is 8.05. The molecule has 3 rings (SSSR count). The second kappa shape index (κ2) is 9.50. The van der Waals surface area contributed by atoms with Gasteiger partial charge in [-0.2, -0.15) is 0 Å². The maximum absolute atomic E-state index is 12.0. The molecule has 5 nitrogen and oxygen atoms in total. The standard InChI is InChI=1S/C23H32N2O3/c1-17-7-12-22(26)25(16-17)20-10-8-19(9-11-20)6-4-5-13-24(3)21-14-18(2)28-23(27)15-21/h7-12,16,18,21,23,27H,4-6,13-15H2,1-3H3. The van der Waals surface area contributed by atoms with Crippen LogP contribution < -0.4 is 5.56 Å². The number of hydrogen-bond acceptors (Lipinski definition) is 4. The largest absolute Gasteiger partial charge is 0.368 e. The summed E-state index contributed by atoms with van der Waals surface area (Å²) in [4.78, 5) is 14.4. The third-order valence-corrected chi connectivity index (χ3v) is 5.59. The third kappa shape index (κ3) is 5.53. The van der Waals surface area contributed by atoms with Crippen LogP contribution >= 0.6 is 0 Å². The van der Waals surface area contributed by atoms with Gasteiger partial charge >= 0.3 is 0 Å². The van der Waals surface area contributed by atoms with Crippen LogP contribution in [0.25, 0.3) is 5.69 Å². The van der Waals surface area contributed by atoms with Crippen LogP contribution in [0.5, 0.6) is 0 Å². The fourth-order valence-corrected chi connectivity index (χ4v) is 3.94. The molecule has 1 aliphatic rings. The van der Waals surface area contributed by atoms with Gasteiger partial charge in [0.05, 0.1) is 6.10 Å². The number of unbranched alkanes of at least 4 members (excludes halogenated alkanes) is 1. The molecule has 28 heavy (non-hydrogen) atoms. The summed E-state index contributed by atoms with van der Waals surface area (Å²) in [5.74, 6) is 0. The molecule has 0 bridgehead atoms. The Morgan fingerprint density at radius 3 is 2.61 bits per heavy atom. The van der Waals surface area contributed by atoms with E-state index in [0.29, 0.717) is 12.5 Å². The minimum Gasteiger partial charge on any atom is -0.368 e. The summed E-state index contributed by atoms with van der Waals surface area (Å²) < 4.78 is 7.10. The summed E-state index contributed by atoms with van der Waals surface area (Å²) >= 11 is 0. The number of nitrogens with zero attached hydrogens (tertiary/aromatic N) is 2. The van der Waals surface area contributed by atoms with Crippen LogP contribution in [0.2, 0.25) is 0 Å². The molecule has 0 spiro atoms. The molecule has 0 aliphatic carbocycles. The quantitative estimate of drug-likeness (QED) is 0.745. The lowest BCUT2D eigenvalue weighted by Gasteiger charge is -2.36. The lowest BCUT2D eigenvalue weighted by atomic mass is 10.0. The van der Waals surface area contributed by atoms with Gasteiger partial charge in [0.25, 0.3) is 5.56 Å². The SMILES string of the molecule is Cc1ccc(=O)n(-c2ccc(CCCCN(C)C3CC(C)OC(O)C3)cc2)c1. The Morgan fingerprint density at radius 1 is 1.14 bits per heavy atom. The summed E-state index contributed by atoms with van der Waals surface area (Å²) in [5, 5.41) is 9.79. The van der Waals surface area contributed by atoms with E-state index in [0.717, 1.165) is 43.5 Å². The molecule has 1 aromatic heterocycles. The first-order valence-corrected chi connectivity index (χ1v) is 10.2. The van der Waals surface area contributed by atoms with Crippen molar-refractivity contribution in [3.63, 3.8) is 0 Å². The van der Waals surface area contributed by atoms with Crippen LogP contribution in [0, 0.1) is 6.92 Å². The van der Waals surface area contributed by atoms with E-state index in [1.54, 1.807) is 10.6 Å². The maximum Gasteiger partial charge on any atom is 0.255 e. The number of hydrogen-bond donors (Lipinski definition) is 1. The van der Waals surface area contributed by atoms with Crippen molar-refractivity contribution >= 4 is 0 Å². The van der Waals surface area contributed by atoms with E-state index < -0.39 is 6.29 Å². The van der Waals surface area contributed by atoms with Crippen LogP contribution in [-0.4, -0.2) is 46.6 Å². The lowest BCUT2D eigenvalue weighted by molar-refractivity contribution is -0.173. The van der Waals surface area contributed by atoms with Gasteiger partial charge < -0.3 is 14.7 Å². The molecule has 0 radical (unpaired) electrons. The first kappa shape index (κ1) is 20.8. The van der Waals surface area contributed by atoms with Crippen molar-refractivity contribution in [3.8, 4) is 5.69 Å². The normalized spacial score (nSPS) is 22.5. The zero-order chi connectivity index (χ0) is 20.1. The molecule has 3 unspecified atom stereocenters. The van der Waals surface area contributed by atoms with Crippen LogP contribution in [-0.2, 0) is 11.2 Å². The van der Waals surface area contributed by atoms with Crippen molar-refractivity contribution < 1.29 is 9.84 Å². The molecule has 1 aliphatic heterocycles. The molecule has 2 heterocycles. The van der Waals surface area contributed by atoms with Gasteiger partial charge in [0, 0.05) is 30.4 Å². The van der Waals surface area contributed by atoms with Gasteiger partial charge in [-0.1, -0.05) is 18.2 Å². The van der Waals surface area contributed by atoms with E-state index in [1.165, 1.54) is 5.56 Å². The van der Waals surface area contributed by atoms with Crippen LogP contribution in [0.15, 0.2) is 47.4 Å². The third-order valence-electron chi connectivity index (χ3n) is 5.59. The Balaban J connectivity index is 1.46. The Labute approximate surface area is 167 Å². The maximum atomic E-state index is 12.0. The van der Waals surface area contributed by atoms with Crippen molar-refractivity contribution in [1.29, 1.82) is 0 Å². The van der Waals surface area contributed by atoms with Crippen molar-refractivity contribution in [1.82, 2.24) is 9.47 Å². The highest BCUT2D eigenvalue weighted by Gasteiger charge is 2.27. The van der Waals surface area contributed by atoms with Gasteiger partial charge in [0.15, 0.2) is 6.29 Å². The molecule has 1 N–H and O–H groups in total. The summed E-state index contributed by atoms with van der Waals surface area (Å²) in [6.45, 7) is 5.04. The van der Waals surface area contributed by atoms with Crippen LogP contribution in [0.1, 0.15) is 43.7 Å². The average Bonchev–Trinajstić information content (AvgIpc) is 2.67. The zero-order valence-corrected chi connectivity index (χ0v) is 17.2. The van der Waals surface area contributed by atoms with Gasteiger partial charge in [0.1, 0.15) is 0 Å². The molecule has 152 valence electrons. The Kier molecular flexibility index (Phi) is 7.05. The molecule has 0 amide bonds. The number of aliphatic hydroxyl groups excluding tert-OH is 1. The van der Waals surface area contributed by atoms with Crippen molar-refractivity contribution in [2.45, 2.75) is 64.4 Å². The summed E-state index contributed by atoms with van der Waals surface area (Å²) in [6, 6.07) is 12.1. The van der Waals surface area contributed by atoms with Gasteiger partial charge in [-0.05, 0) is 76.4 Å². The minimum absolute atomic E-state index is 0.00561. The monoisotopic (exact) mass is 384 g/mol. The summed E-state index contributed by atoms with van der Waals surface area (Å²) in [6.07, 6.45) is 6.32. The van der Waals surface area contributed by atoms with Crippen molar-refractivity contribution in [2.24, 2.45) is 0 Å². The number of ether oxygens (including phenoxy) is 1. The van der Waals surface area contributed by atoms with Gasteiger partial charge in [-0.3, -0.25) is 9.36 Å². The first-order chi connectivity index (χ1) is 13.4. The molecule has 1 aromatic carbocycles. The average molecular weight is 385 g/mol. The highest BCUT2D eigenvalue weighted by atomic mass is 16.6. The minimum atomic E-state index is -0.629. The number of aryl methyl sites for hydroxylation is 2.